The highest BCUT2D eigenvalue weighted by molar-refractivity contribution is 5.81. The monoisotopic (exact) mass is 347 g/mol. The summed E-state index contributed by atoms with van der Waals surface area (Å²) in [4.78, 5) is 25.5. The van der Waals surface area contributed by atoms with Crippen LogP contribution in [-0.4, -0.2) is 56.2 Å². The van der Waals surface area contributed by atoms with Crippen LogP contribution < -0.4 is 4.74 Å². The van der Waals surface area contributed by atoms with Gasteiger partial charge in [0.25, 0.3) is 5.88 Å². The van der Waals surface area contributed by atoms with E-state index in [1.807, 2.05) is 0 Å². The van der Waals surface area contributed by atoms with Crippen LogP contribution in [0, 0.1) is 10.1 Å². The second kappa shape index (κ2) is 6.29. The summed E-state index contributed by atoms with van der Waals surface area (Å²) in [7, 11) is 1.00. The van der Waals surface area contributed by atoms with E-state index in [0.717, 1.165) is 17.8 Å². The van der Waals surface area contributed by atoms with Gasteiger partial charge in [-0.05, 0) is 16.9 Å². The van der Waals surface area contributed by atoms with E-state index in [1.54, 1.807) is 0 Å². The molecule has 0 bridgehead atoms. The van der Waals surface area contributed by atoms with Crippen molar-refractivity contribution in [3.05, 3.63) is 28.4 Å². The summed E-state index contributed by atoms with van der Waals surface area (Å²) in [5.41, 5.74) is 0.214. The molecule has 24 heavy (non-hydrogen) atoms. The summed E-state index contributed by atoms with van der Waals surface area (Å²) < 4.78 is 43.2. The second-order valence-corrected chi connectivity index (χ2v) is 4.89. The lowest BCUT2D eigenvalue weighted by molar-refractivity contribution is -0.391. The minimum Gasteiger partial charge on any atom is -0.473 e. The normalized spacial score (nSPS) is 12.9. The van der Waals surface area contributed by atoms with Crippen molar-refractivity contribution in [3.8, 4) is 5.88 Å². The molecule has 0 aliphatic heterocycles. The molecule has 0 spiro atoms. The molecule has 0 aromatic carbocycles. The lowest BCUT2D eigenvalue weighted by Gasteiger charge is -2.25. The van der Waals surface area contributed by atoms with Crippen molar-refractivity contribution in [2.75, 3.05) is 13.7 Å². The fourth-order valence-electron chi connectivity index (χ4n) is 1.76. The van der Waals surface area contributed by atoms with Crippen LogP contribution in [0.25, 0.3) is 5.65 Å². The molecule has 2 rings (SSSR count). The molecule has 12 heteroatoms. The van der Waals surface area contributed by atoms with Gasteiger partial charge in [0.05, 0.1) is 6.04 Å². The molecule has 1 atom stereocenters. The van der Waals surface area contributed by atoms with E-state index >= 15 is 0 Å². The first-order valence-electron chi connectivity index (χ1n) is 6.57. The Morgan fingerprint density at radius 2 is 2.17 bits per heavy atom. The maximum absolute atomic E-state index is 12.4. The zero-order chi connectivity index (χ0) is 18.1. The topological polar surface area (TPSA) is 103 Å². The zero-order valence-corrected chi connectivity index (χ0v) is 12.5. The fraction of sp³-hybridized carbons (Fsp3) is 0.417. The number of alkyl halides is 3. The van der Waals surface area contributed by atoms with Crippen LogP contribution in [-0.2, 0) is 4.79 Å². The zero-order valence-electron chi connectivity index (χ0n) is 12.5. The number of likely N-dealkylation sites (N-methyl/N-ethyl adjacent to an activating group) is 1. The first-order valence-corrected chi connectivity index (χ1v) is 6.57. The average molecular weight is 347 g/mol. The van der Waals surface area contributed by atoms with E-state index in [-0.39, 0.29) is 24.0 Å². The Hall–Kier alpha value is -2.92. The van der Waals surface area contributed by atoms with Crippen molar-refractivity contribution in [3.63, 3.8) is 0 Å². The van der Waals surface area contributed by atoms with Gasteiger partial charge in [0.1, 0.15) is 12.8 Å². The van der Waals surface area contributed by atoms with E-state index in [4.69, 9.17) is 4.74 Å². The van der Waals surface area contributed by atoms with Crippen molar-refractivity contribution >= 4 is 17.4 Å². The fourth-order valence-corrected chi connectivity index (χ4v) is 1.76. The highest BCUT2D eigenvalue weighted by Gasteiger charge is 2.42. The Morgan fingerprint density at radius 1 is 1.50 bits per heavy atom. The number of ether oxygens (including phenoxy) is 1. The van der Waals surface area contributed by atoms with Crippen molar-refractivity contribution < 1.29 is 27.6 Å². The Bertz CT molecular complexity index is 776. The number of hydrogen-bond acceptors (Lipinski definition) is 6. The van der Waals surface area contributed by atoms with E-state index in [1.165, 1.54) is 19.1 Å². The van der Waals surface area contributed by atoms with Crippen LogP contribution in [0.2, 0.25) is 0 Å². The number of carbonyl (C=O) groups excluding carboxylic acids is 1. The molecule has 0 aliphatic carbocycles. The van der Waals surface area contributed by atoms with Gasteiger partial charge in [0.15, 0.2) is 0 Å². The number of nitro groups is 1. The minimum atomic E-state index is -4.97. The van der Waals surface area contributed by atoms with Crippen LogP contribution in [0.1, 0.15) is 6.92 Å². The van der Waals surface area contributed by atoms with Crippen molar-refractivity contribution in [2.24, 2.45) is 0 Å². The summed E-state index contributed by atoms with van der Waals surface area (Å²) in [6, 6.07) is 1.88. The standard InChI is InChI=1S/C12H12F3N5O4/c1-7(18(2)11(21)12(13,14)15)6-24-9-4-3-8-16-5-10(20(22)23)19(8)17-9/h3-5,7H,6H2,1-2H3/t7-/m1/s1. The number of imidazole rings is 1. The van der Waals surface area contributed by atoms with E-state index in [9.17, 15) is 28.1 Å². The minimum absolute atomic E-state index is 0.0525. The molecule has 2 heterocycles. The first-order chi connectivity index (χ1) is 11.1. The van der Waals surface area contributed by atoms with Gasteiger partial charge in [-0.25, -0.2) is 4.98 Å². The molecule has 0 saturated carbocycles. The quantitative estimate of drug-likeness (QED) is 0.599. The van der Waals surface area contributed by atoms with Gasteiger partial charge >= 0.3 is 17.9 Å². The van der Waals surface area contributed by atoms with E-state index in [0.29, 0.717) is 4.90 Å². The summed E-state index contributed by atoms with van der Waals surface area (Å²) in [5, 5.41) is 14.7. The highest BCUT2D eigenvalue weighted by atomic mass is 19.4. The SMILES string of the molecule is C[C@H](COc1ccc2ncc([N+](=O)[O-])n2n1)N(C)C(=O)C(F)(F)F. The molecule has 0 radical (unpaired) electrons. The maximum atomic E-state index is 12.4. The average Bonchev–Trinajstić information content (AvgIpc) is 2.93. The van der Waals surface area contributed by atoms with Crippen LogP contribution >= 0.6 is 0 Å². The molecule has 2 aromatic rings. The molecule has 9 nitrogen and oxygen atoms in total. The summed E-state index contributed by atoms with van der Waals surface area (Å²) in [6.45, 7) is 1.08. The molecule has 130 valence electrons. The molecule has 0 unspecified atom stereocenters. The van der Waals surface area contributed by atoms with E-state index < -0.39 is 23.0 Å². The Kier molecular flexibility index (Phi) is 4.57. The van der Waals surface area contributed by atoms with Crippen molar-refractivity contribution in [1.82, 2.24) is 19.5 Å². The van der Waals surface area contributed by atoms with Gasteiger partial charge in [-0.2, -0.15) is 13.2 Å². The second-order valence-electron chi connectivity index (χ2n) is 4.89. The number of rotatable bonds is 5. The molecule has 1 amide bonds. The predicted octanol–water partition coefficient (Wildman–Crippen LogP) is 1.43. The van der Waals surface area contributed by atoms with Crippen LogP contribution in [0.3, 0.4) is 0 Å². The molecule has 0 fully saturated rings. The number of halogens is 3. The van der Waals surface area contributed by atoms with Gasteiger partial charge < -0.3 is 19.8 Å². The summed E-state index contributed by atoms with van der Waals surface area (Å²) >= 11 is 0. The molecular formula is C12H12F3N5O4. The third-order valence-electron chi connectivity index (χ3n) is 3.20. The molecule has 0 aliphatic rings. The van der Waals surface area contributed by atoms with Crippen LogP contribution in [0.4, 0.5) is 19.0 Å². The first kappa shape index (κ1) is 17.4. The van der Waals surface area contributed by atoms with Gasteiger partial charge in [0.2, 0.25) is 5.65 Å². The number of aromatic nitrogens is 3. The highest BCUT2D eigenvalue weighted by Crippen LogP contribution is 2.20. The largest absolute Gasteiger partial charge is 0.473 e. The molecular weight excluding hydrogens is 335 g/mol. The predicted molar refractivity (Wildman–Crippen MR) is 73.4 cm³/mol. The summed E-state index contributed by atoms with van der Waals surface area (Å²) in [6.07, 6.45) is -3.96. The summed E-state index contributed by atoms with van der Waals surface area (Å²) in [5.74, 6) is -2.43. The van der Waals surface area contributed by atoms with Crippen LogP contribution in [0.15, 0.2) is 18.3 Å². The van der Waals surface area contributed by atoms with Gasteiger partial charge in [0, 0.05) is 19.2 Å². The Morgan fingerprint density at radius 3 is 2.75 bits per heavy atom. The van der Waals surface area contributed by atoms with Crippen LogP contribution in [0.5, 0.6) is 5.88 Å². The molecule has 2 aromatic heterocycles. The van der Waals surface area contributed by atoms with Gasteiger partial charge in [-0.3, -0.25) is 4.79 Å². The number of fused-ring (bicyclic) bond motifs is 1. The third kappa shape index (κ3) is 3.52. The lowest BCUT2D eigenvalue weighted by atomic mass is 10.3. The number of carbonyl (C=O) groups is 1. The van der Waals surface area contributed by atoms with Gasteiger partial charge in [-0.15, -0.1) is 0 Å². The van der Waals surface area contributed by atoms with Crippen molar-refractivity contribution in [1.29, 1.82) is 0 Å². The number of amides is 1. The molecule has 0 saturated heterocycles. The van der Waals surface area contributed by atoms with Gasteiger partial charge in [-0.1, -0.05) is 4.52 Å². The number of nitrogens with zero attached hydrogens (tertiary/aromatic N) is 5. The third-order valence-corrected chi connectivity index (χ3v) is 3.20. The lowest BCUT2D eigenvalue weighted by Crippen LogP contribution is -2.45. The number of hydrogen-bond donors (Lipinski definition) is 0. The molecule has 0 N–H and O–H groups in total. The smallest absolute Gasteiger partial charge is 0.471 e. The Labute approximate surface area is 132 Å². The maximum Gasteiger partial charge on any atom is 0.471 e. The van der Waals surface area contributed by atoms with E-state index in [2.05, 4.69) is 10.1 Å². The van der Waals surface area contributed by atoms with Crippen molar-refractivity contribution in [2.45, 2.75) is 19.1 Å². The Balaban J connectivity index is 2.09.